The van der Waals surface area contributed by atoms with Gasteiger partial charge in [-0.3, -0.25) is 0 Å². The second-order valence-electron chi connectivity index (χ2n) is 7.17. The molecule has 0 radical (unpaired) electrons. The molecule has 0 amide bonds. The summed E-state index contributed by atoms with van der Waals surface area (Å²) in [4.78, 5) is 0. The molecule has 1 heteroatoms. The number of benzene rings is 1. The van der Waals surface area contributed by atoms with E-state index < -0.39 is 0 Å². The number of hydrogen-bond acceptors (Lipinski definition) is 1. The van der Waals surface area contributed by atoms with Crippen molar-refractivity contribution in [1.82, 2.24) is 5.32 Å². The predicted molar refractivity (Wildman–Crippen MR) is 88.2 cm³/mol. The first kappa shape index (κ1) is 15.6. The number of rotatable bonds is 3. The minimum atomic E-state index is 0.459. The summed E-state index contributed by atoms with van der Waals surface area (Å²) in [5.74, 6) is 1.75. The second kappa shape index (κ2) is 6.30. The van der Waals surface area contributed by atoms with Crippen LogP contribution in [-0.2, 0) is 0 Å². The molecule has 1 N–H and O–H groups in total. The first-order valence-electron chi connectivity index (χ1n) is 8.22. The Balaban J connectivity index is 2.07. The van der Waals surface area contributed by atoms with Crippen LogP contribution in [0.2, 0.25) is 0 Å². The Bertz CT molecular complexity index is 440. The van der Waals surface area contributed by atoms with Crippen LogP contribution in [0.4, 0.5) is 0 Å². The molecule has 1 aliphatic rings. The highest BCUT2D eigenvalue weighted by Crippen LogP contribution is 2.31. The molecule has 20 heavy (non-hydrogen) atoms. The van der Waals surface area contributed by atoms with E-state index >= 15 is 0 Å². The molecule has 0 heterocycles. The van der Waals surface area contributed by atoms with Crippen LogP contribution in [0.1, 0.15) is 68.3 Å². The molecule has 1 fully saturated rings. The highest BCUT2D eigenvalue weighted by molar-refractivity contribution is 5.39. The van der Waals surface area contributed by atoms with E-state index in [1.807, 2.05) is 0 Å². The Labute approximate surface area is 125 Å². The lowest BCUT2D eigenvalue weighted by atomic mass is 9.78. The SMILES string of the molecule is Cc1cc(C)c(C(C)NC2CCC(C)C(C)C2)c(C)c1. The molecular weight excluding hydrogens is 242 g/mol. The van der Waals surface area contributed by atoms with Crippen molar-refractivity contribution in [2.75, 3.05) is 0 Å². The fraction of sp³-hybridized carbons (Fsp3) is 0.684. The zero-order valence-corrected chi connectivity index (χ0v) is 14.1. The molecule has 0 spiro atoms. The zero-order chi connectivity index (χ0) is 14.9. The summed E-state index contributed by atoms with van der Waals surface area (Å²) in [6, 6.07) is 5.77. The monoisotopic (exact) mass is 273 g/mol. The van der Waals surface area contributed by atoms with Gasteiger partial charge in [-0.25, -0.2) is 0 Å². The second-order valence-corrected chi connectivity index (χ2v) is 7.17. The maximum absolute atomic E-state index is 3.89. The van der Waals surface area contributed by atoms with Crippen molar-refractivity contribution in [2.24, 2.45) is 11.8 Å². The van der Waals surface area contributed by atoms with Crippen molar-refractivity contribution in [3.05, 3.63) is 34.4 Å². The smallest absolute Gasteiger partial charge is 0.0299 e. The molecule has 1 aliphatic carbocycles. The highest BCUT2D eigenvalue weighted by Gasteiger charge is 2.26. The first-order valence-corrected chi connectivity index (χ1v) is 8.22. The Morgan fingerprint density at radius 2 is 1.60 bits per heavy atom. The van der Waals surface area contributed by atoms with Crippen LogP contribution in [-0.4, -0.2) is 6.04 Å². The first-order chi connectivity index (χ1) is 9.38. The molecule has 4 unspecified atom stereocenters. The molecule has 1 aromatic carbocycles. The van der Waals surface area contributed by atoms with Crippen molar-refractivity contribution < 1.29 is 0 Å². The van der Waals surface area contributed by atoms with Gasteiger partial charge in [0.2, 0.25) is 0 Å². The van der Waals surface area contributed by atoms with E-state index in [4.69, 9.17) is 0 Å². The Hall–Kier alpha value is -0.820. The van der Waals surface area contributed by atoms with Crippen LogP contribution in [0, 0.1) is 32.6 Å². The van der Waals surface area contributed by atoms with E-state index in [0.29, 0.717) is 12.1 Å². The summed E-state index contributed by atoms with van der Waals surface area (Å²) in [6.45, 7) is 13.8. The van der Waals surface area contributed by atoms with E-state index in [-0.39, 0.29) is 0 Å². The summed E-state index contributed by atoms with van der Waals surface area (Å²) in [6.07, 6.45) is 4.03. The van der Waals surface area contributed by atoms with Gasteiger partial charge in [-0.15, -0.1) is 0 Å². The topological polar surface area (TPSA) is 12.0 Å². The van der Waals surface area contributed by atoms with Gasteiger partial charge >= 0.3 is 0 Å². The maximum Gasteiger partial charge on any atom is 0.0299 e. The fourth-order valence-electron chi connectivity index (χ4n) is 4.01. The third kappa shape index (κ3) is 3.44. The summed E-state index contributed by atoms with van der Waals surface area (Å²) in [5.41, 5.74) is 5.73. The van der Waals surface area contributed by atoms with Crippen LogP contribution >= 0.6 is 0 Å². The molecule has 0 saturated heterocycles. The molecule has 1 saturated carbocycles. The van der Waals surface area contributed by atoms with Gasteiger partial charge in [-0.05, 0) is 75.5 Å². The van der Waals surface area contributed by atoms with E-state index in [9.17, 15) is 0 Å². The van der Waals surface area contributed by atoms with Crippen LogP contribution in [0.15, 0.2) is 12.1 Å². The number of aryl methyl sites for hydroxylation is 3. The van der Waals surface area contributed by atoms with Crippen LogP contribution in [0.25, 0.3) is 0 Å². The van der Waals surface area contributed by atoms with Crippen LogP contribution < -0.4 is 5.32 Å². The molecule has 2 rings (SSSR count). The van der Waals surface area contributed by atoms with Crippen molar-refractivity contribution >= 4 is 0 Å². The van der Waals surface area contributed by atoms with Crippen molar-refractivity contribution in [2.45, 2.75) is 72.9 Å². The molecular formula is C19H31N. The lowest BCUT2D eigenvalue weighted by Gasteiger charge is -2.35. The summed E-state index contributed by atoms with van der Waals surface area (Å²) < 4.78 is 0. The molecule has 0 aromatic heterocycles. The predicted octanol–water partition coefficient (Wildman–Crippen LogP) is 5.09. The molecule has 4 atom stereocenters. The lowest BCUT2D eigenvalue weighted by molar-refractivity contribution is 0.217. The zero-order valence-electron chi connectivity index (χ0n) is 14.1. The molecule has 112 valence electrons. The molecule has 1 aromatic rings. The van der Waals surface area contributed by atoms with Gasteiger partial charge in [-0.2, -0.15) is 0 Å². The molecule has 0 bridgehead atoms. The normalized spacial score (nSPS) is 28.4. The standard InChI is InChI=1S/C19H31N/c1-12-9-15(4)19(16(5)10-12)17(6)20-18-8-7-13(2)14(3)11-18/h9-10,13-14,17-18,20H,7-8,11H2,1-6H3. The van der Waals surface area contributed by atoms with Crippen LogP contribution in [0.3, 0.4) is 0 Å². The quantitative estimate of drug-likeness (QED) is 0.809. The van der Waals surface area contributed by atoms with Gasteiger partial charge in [0.05, 0.1) is 0 Å². The largest absolute Gasteiger partial charge is 0.307 e. The van der Waals surface area contributed by atoms with Gasteiger partial charge in [0.25, 0.3) is 0 Å². The highest BCUT2D eigenvalue weighted by atomic mass is 14.9. The number of hydrogen-bond donors (Lipinski definition) is 1. The Morgan fingerprint density at radius 3 is 2.15 bits per heavy atom. The molecule has 0 aliphatic heterocycles. The van der Waals surface area contributed by atoms with Gasteiger partial charge in [-0.1, -0.05) is 31.5 Å². The van der Waals surface area contributed by atoms with Crippen molar-refractivity contribution in [3.63, 3.8) is 0 Å². The maximum atomic E-state index is 3.89. The Kier molecular flexibility index (Phi) is 4.90. The summed E-state index contributed by atoms with van der Waals surface area (Å²) in [7, 11) is 0. The average molecular weight is 273 g/mol. The van der Waals surface area contributed by atoms with Gasteiger partial charge in [0, 0.05) is 12.1 Å². The van der Waals surface area contributed by atoms with E-state index in [0.717, 1.165) is 11.8 Å². The van der Waals surface area contributed by atoms with Gasteiger partial charge < -0.3 is 5.32 Å². The fourth-order valence-corrected chi connectivity index (χ4v) is 4.01. The lowest BCUT2D eigenvalue weighted by Crippen LogP contribution is -2.38. The molecule has 1 nitrogen and oxygen atoms in total. The Morgan fingerprint density at radius 1 is 1.00 bits per heavy atom. The van der Waals surface area contributed by atoms with Crippen molar-refractivity contribution in [1.29, 1.82) is 0 Å². The third-order valence-corrected chi connectivity index (χ3v) is 5.25. The average Bonchev–Trinajstić information content (AvgIpc) is 2.32. The van der Waals surface area contributed by atoms with E-state index in [2.05, 4.69) is 59.0 Å². The van der Waals surface area contributed by atoms with Gasteiger partial charge in [0.1, 0.15) is 0 Å². The van der Waals surface area contributed by atoms with Gasteiger partial charge in [0.15, 0.2) is 0 Å². The number of nitrogens with one attached hydrogen (secondary N) is 1. The van der Waals surface area contributed by atoms with Crippen molar-refractivity contribution in [3.8, 4) is 0 Å². The minimum Gasteiger partial charge on any atom is -0.307 e. The minimum absolute atomic E-state index is 0.459. The van der Waals surface area contributed by atoms with E-state index in [1.54, 1.807) is 0 Å². The third-order valence-electron chi connectivity index (χ3n) is 5.25. The summed E-state index contributed by atoms with van der Waals surface area (Å²) >= 11 is 0. The van der Waals surface area contributed by atoms with Crippen LogP contribution in [0.5, 0.6) is 0 Å². The van der Waals surface area contributed by atoms with E-state index in [1.165, 1.54) is 41.5 Å². The summed E-state index contributed by atoms with van der Waals surface area (Å²) in [5, 5.41) is 3.89.